The Morgan fingerprint density at radius 2 is 2.11 bits per heavy atom. The number of benzene rings is 1. The van der Waals surface area contributed by atoms with Gasteiger partial charge >= 0.3 is 0 Å². The van der Waals surface area contributed by atoms with Crippen LogP contribution in [0, 0.1) is 6.92 Å². The van der Waals surface area contributed by atoms with Gasteiger partial charge in [-0.2, -0.15) is 0 Å². The van der Waals surface area contributed by atoms with Gasteiger partial charge in [-0.15, -0.1) is 0 Å². The SMILES string of the molecule is Cc1ccc(NC(=O)C[NH+]2CCNC(=O)C2)cc1. The van der Waals surface area contributed by atoms with Crippen LogP contribution in [0.15, 0.2) is 24.3 Å². The fourth-order valence-electron chi connectivity index (χ4n) is 1.98. The van der Waals surface area contributed by atoms with E-state index in [4.69, 9.17) is 0 Å². The summed E-state index contributed by atoms with van der Waals surface area (Å²) in [7, 11) is 0. The summed E-state index contributed by atoms with van der Waals surface area (Å²) in [6.07, 6.45) is 0. The molecule has 1 saturated heterocycles. The van der Waals surface area contributed by atoms with Crippen LogP contribution in [-0.2, 0) is 9.59 Å². The minimum Gasteiger partial charge on any atom is -0.346 e. The summed E-state index contributed by atoms with van der Waals surface area (Å²) in [5, 5.41) is 5.59. The molecule has 1 unspecified atom stereocenters. The molecule has 2 rings (SSSR count). The monoisotopic (exact) mass is 248 g/mol. The van der Waals surface area contributed by atoms with Crippen molar-refractivity contribution in [1.29, 1.82) is 0 Å². The van der Waals surface area contributed by atoms with Gasteiger partial charge in [0, 0.05) is 5.69 Å². The summed E-state index contributed by atoms with van der Waals surface area (Å²) in [5.41, 5.74) is 1.96. The van der Waals surface area contributed by atoms with E-state index < -0.39 is 0 Å². The molecule has 1 atom stereocenters. The molecule has 18 heavy (non-hydrogen) atoms. The average molecular weight is 248 g/mol. The molecule has 5 heteroatoms. The van der Waals surface area contributed by atoms with Crippen LogP contribution < -0.4 is 15.5 Å². The summed E-state index contributed by atoms with van der Waals surface area (Å²) in [6, 6.07) is 7.67. The Morgan fingerprint density at radius 3 is 2.78 bits per heavy atom. The second-order valence-electron chi connectivity index (χ2n) is 4.62. The van der Waals surface area contributed by atoms with E-state index >= 15 is 0 Å². The minimum atomic E-state index is -0.0523. The van der Waals surface area contributed by atoms with Crippen LogP contribution in [0.1, 0.15) is 5.56 Å². The van der Waals surface area contributed by atoms with Crippen molar-refractivity contribution in [1.82, 2.24) is 5.32 Å². The number of nitrogens with one attached hydrogen (secondary N) is 3. The summed E-state index contributed by atoms with van der Waals surface area (Å²) < 4.78 is 0. The zero-order chi connectivity index (χ0) is 13.0. The van der Waals surface area contributed by atoms with Gasteiger partial charge in [-0.05, 0) is 19.1 Å². The first-order valence-corrected chi connectivity index (χ1v) is 6.10. The van der Waals surface area contributed by atoms with Crippen LogP contribution >= 0.6 is 0 Å². The first kappa shape index (κ1) is 12.6. The third-order valence-electron chi connectivity index (χ3n) is 2.96. The molecule has 0 bridgehead atoms. The van der Waals surface area contributed by atoms with Crippen LogP contribution in [0.25, 0.3) is 0 Å². The van der Waals surface area contributed by atoms with Crippen molar-refractivity contribution in [3.05, 3.63) is 29.8 Å². The number of carbonyl (C=O) groups excluding carboxylic acids is 2. The molecule has 1 aromatic carbocycles. The number of hydrogen-bond acceptors (Lipinski definition) is 2. The highest BCUT2D eigenvalue weighted by Gasteiger charge is 2.21. The van der Waals surface area contributed by atoms with E-state index in [2.05, 4.69) is 10.6 Å². The Bertz CT molecular complexity index is 442. The number of rotatable bonds is 3. The van der Waals surface area contributed by atoms with Crippen molar-refractivity contribution >= 4 is 17.5 Å². The Balaban J connectivity index is 1.84. The molecular weight excluding hydrogens is 230 g/mol. The van der Waals surface area contributed by atoms with Gasteiger partial charge in [0.2, 0.25) is 0 Å². The largest absolute Gasteiger partial charge is 0.346 e. The van der Waals surface area contributed by atoms with Crippen LogP contribution in [-0.4, -0.2) is 38.0 Å². The summed E-state index contributed by atoms with van der Waals surface area (Å²) in [5.74, 6) is -0.0389. The minimum absolute atomic E-state index is 0.0133. The fourth-order valence-corrected chi connectivity index (χ4v) is 1.98. The molecule has 1 aromatic rings. The van der Waals surface area contributed by atoms with Gasteiger partial charge in [-0.25, -0.2) is 0 Å². The lowest BCUT2D eigenvalue weighted by Crippen LogP contribution is -3.16. The van der Waals surface area contributed by atoms with Gasteiger partial charge in [0.15, 0.2) is 13.1 Å². The summed E-state index contributed by atoms with van der Waals surface area (Å²) >= 11 is 0. The lowest BCUT2D eigenvalue weighted by molar-refractivity contribution is -0.885. The Morgan fingerprint density at radius 1 is 1.39 bits per heavy atom. The Kier molecular flexibility index (Phi) is 3.94. The highest BCUT2D eigenvalue weighted by Crippen LogP contribution is 2.07. The van der Waals surface area contributed by atoms with E-state index in [0.717, 1.165) is 22.7 Å². The van der Waals surface area contributed by atoms with E-state index in [9.17, 15) is 9.59 Å². The maximum absolute atomic E-state index is 11.8. The molecule has 1 fully saturated rings. The molecule has 2 amide bonds. The zero-order valence-electron chi connectivity index (χ0n) is 10.5. The van der Waals surface area contributed by atoms with Gasteiger partial charge in [-0.1, -0.05) is 17.7 Å². The second kappa shape index (κ2) is 5.64. The third-order valence-corrected chi connectivity index (χ3v) is 2.96. The first-order chi connectivity index (χ1) is 8.63. The van der Waals surface area contributed by atoms with E-state index in [1.54, 1.807) is 0 Å². The zero-order valence-corrected chi connectivity index (χ0v) is 10.5. The number of hydrogen-bond donors (Lipinski definition) is 3. The predicted molar refractivity (Wildman–Crippen MR) is 68.4 cm³/mol. The standard InChI is InChI=1S/C13H17N3O2/c1-10-2-4-11(5-3-10)15-13(18)9-16-7-6-14-12(17)8-16/h2-5H,6-9H2,1H3,(H,14,17)(H,15,18)/p+1. The maximum Gasteiger partial charge on any atom is 0.279 e. The van der Waals surface area contributed by atoms with Gasteiger partial charge in [0.1, 0.15) is 0 Å². The molecule has 96 valence electrons. The molecule has 0 spiro atoms. The predicted octanol–water partition coefficient (Wildman–Crippen LogP) is -1.05. The quantitative estimate of drug-likeness (QED) is 0.639. The van der Waals surface area contributed by atoms with Crippen molar-refractivity contribution in [2.24, 2.45) is 0 Å². The topological polar surface area (TPSA) is 62.6 Å². The van der Waals surface area contributed by atoms with Crippen molar-refractivity contribution in [2.45, 2.75) is 6.92 Å². The van der Waals surface area contributed by atoms with E-state index in [-0.39, 0.29) is 11.8 Å². The summed E-state index contributed by atoms with van der Waals surface area (Å²) in [4.78, 5) is 24.0. The number of anilines is 1. The average Bonchev–Trinajstić information content (AvgIpc) is 2.32. The van der Waals surface area contributed by atoms with Gasteiger partial charge in [-0.3, -0.25) is 9.59 Å². The second-order valence-corrected chi connectivity index (χ2v) is 4.62. The fraction of sp³-hybridized carbons (Fsp3) is 0.385. The van der Waals surface area contributed by atoms with E-state index in [1.165, 1.54) is 0 Å². The van der Waals surface area contributed by atoms with Crippen LogP contribution in [0.5, 0.6) is 0 Å². The molecule has 5 nitrogen and oxygen atoms in total. The van der Waals surface area contributed by atoms with E-state index in [0.29, 0.717) is 19.6 Å². The maximum atomic E-state index is 11.8. The lowest BCUT2D eigenvalue weighted by Gasteiger charge is -2.22. The molecule has 0 saturated carbocycles. The van der Waals surface area contributed by atoms with Gasteiger partial charge in [0.05, 0.1) is 13.1 Å². The normalized spacial score (nSPS) is 19.2. The van der Waals surface area contributed by atoms with Gasteiger partial charge in [0.25, 0.3) is 11.8 Å². The molecule has 1 heterocycles. The summed E-state index contributed by atoms with van der Waals surface area (Å²) in [6.45, 7) is 4.16. The molecule has 0 aliphatic carbocycles. The van der Waals surface area contributed by atoms with Crippen LogP contribution in [0.3, 0.4) is 0 Å². The molecule has 1 aliphatic rings. The molecule has 0 aromatic heterocycles. The Labute approximate surface area is 106 Å². The number of aryl methyl sites for hydroxylation is 1. The van der Waals surface area contributed by atoms with Crippen molar-refractivity contribution in [3.63, 3.8) is 0 Å². The van der Waals surface area contributed by atoms with Crippen molar-refractivity contribution < 1.29 is 14.5 Å². The first-order valence-electron chi connectivity index (χ1n) is 6.10. The lowest BCUT2D eigenvalue weighted by atomic mass is 10.2. The third kappa shape index (κ3) is 3.56. The highest BCUT2D eigenvalue weighted by atomic mass is 16.2. The molecule has 1 aliphatic heterocycles. The number of amides is 2. The molecule has 3 N–H and O–H groups in total. The smallest absolute Gasteiger partial charge is 0.279 e. The van der Waals surface area contributed by atoms with Crippen molar-refractivity contribution in [3.8, 4) is 0 Å². The molecule has 0 radical (unpaired) electrons. The Hall–Kier alpha value is -1.88. The highest BCUT2D eigenvalue weighted by molar-refractivity contribution is 5.91. The molecular formula is C13H18N3O2+. The van der Waals surface area contributed by atoms with E-state index in [1.807, 2.05) is 31.2 Å². The van der Waals surface area contributed by atoms with Crippen molar-refractivity contribution in [2.75, 3.05) is 31.5 Å². The van der Waals surface area contributed by atoms with Gasteiger partial charge < -0.3 is 15.5 Å². The number of quaternary nitrogens is 1. The van der Waals surface area contributed by atoms with Crippen LogP contribution in [0.2, 0.25) is 0 Å². The number of carbonyl (C=O) groups is 2. The van der Waals surface area contributed by atoms with Crippen LogP contribution in [0.4, 0.5) is 5.69 Å². The number of piperazine rings is 1.